The Morgan fingerprint density at radius 3 is 2.60 bits per heavy atom. The zero-order chi connectivity index (χ0) is 20.8. The quantitative estimate of drug-likeness (QED) is 0.412. The highest BCUT2D eigenvalue weighted by Crippen LogP contribution is 2.21. The lowest BCUT2D eigenvalue weighted by Gasteiger charge is -2.07. The highest BCUT2D eigenvalue weighted by atomic mass is 32.1. The molecule has 9 heteroatoms. The maximum Gasteiger partial charge on any atom is 0.333 e. The first kappa shape index (κ1) is 19.5. The van der Waals surface area contributed by atoms with Crippen LogP contribution in [0.5, 0.6) is 5.75 Å². The van der Waals surface area contributed by atoms with Crippen molar-refractivity contribution in [2.24, 2.45) is 0 Å². The minimum Gasteiger partial charge on any atom is -0.486 e. The fraction of sp³-hybridized carbons (Fsp3) is 0.0952. The van der Waals surface area contributed by atoms with Gasteiger partial charge in [-0.25, -0.2) is 15.2 Å². The Morgan fingerprint density at radius 1 is 0.967 bits per heavy atom. The molecule has 0 aliphatic carbocycles. The summed E-state index contributed by atoms with van der Waals surface area (Å²) in [5.41, 5.74) is 5.47. The smallest absolute Gasteiger partial charge is 0.333 e. The van der Waals surface area contributed by atoms with Crippen LogP contribution in [0.25, 0.3) is 10.2 Å². The van der Waals surface area contributed by atoms with Crippen molar-refractivity contribution >= 4 is 33.5 Å². The van der Waals surface area contributed by atoms with E-state index >= 15 is 0 Å². The molecule has 2 aromatic heterocycles. The standard InChI is InChI=1S/C21H18N4O4S/c26-20(17-11-10-15(29-17)13-28-14-6-2-1-3-7-14)24-25-21(27)22-12-19-23-16-8-4-5-9-18(16)30-19/h1-11H,12-13H2,(H,24,26)(H2,22,25,27). The second-order valence-corrected chi connectivity index (χ2v) is 7.32. The molecule has 2 heterocycles. The SMILES string of the molecule is O=C(NCc1nc2ccccc2s1)NNC(=O)c1ccc(COc2ccccc2)o1. The van der Waals surface area contributed by atoms with Gasteiger partial charge in [-0.05, 0) is 36.4 Å². The summed E-state index contributed by atoms with van der Waals surface area (Å²) in [5.74, 6) is 0.680. The number of carbonyl (C=O) groups excluding carboxylic acids is 2. The number of nitrogens with one attached hydrogen (secondary N) is 3. The van der Waals surface area contributed by atoms with Crippen molar-refractivity contribution in [2.75, 3.05) is 0 Å². The first-order valence-corrected chi connectivity index (χ1v) is 9.94. The molecule has 0 aliphatic heterocycles. The number of benzene rings is 2. The fourth-order valence-electron chi connectivity index (χ4n) is 2.62. The van der Waals surface area contributed by atoms with Crippen LogP contribution in [-0.4, -0.2) is 16.9 Å². The van der Waals surface area contributed by atoms with Crippen LogP contribution < -0.4 is 20.9 Å². The van der Waals surface area contributed by atoms with Crippen molar-refractivity contribution in [1.82, 2.24) is 21.2 Å². The normalized spacial score (nSPS) is 10.5. The first-order chi connectivity index (χ1) is 14.7. The molecule has 4 rings (SSSR count). The Kier molecular flexibility index (Phi) is 5.90. The van der Waals surface area contributed by atoms with Gasteiger partial charge in [0.25, 0.3) is 0 Å². The van der Waals surface area contributed by atoms with E-state index in [1.165, 1.54) is 17.4 Å². The number of para-hydroxylation sites is 2. The minimum atomic E-state index is -0.573. The molecule has 0 atom stereocenters. The summed E-state index contributed by atoms with van der Waals surface area (Å²) in [6.45, 7) is 0.441. The van der Waals surface area contributed by atoms with Gasteiger partial charge in [0.2, 0.25) is 0 Å². The second-order valence-electron chi connectivity index (χ2n) is 6.20. The van der Waals surface area contributed by atoms with Gasteiger partial charge in [-0.15, -0.1) is 11.3 Å². The Bertz CT molecular complexity index is 1120. The predicted octanol–water partition coefficient (Wildman–Crippen LogP) is 3.61. The number of ether oxygens (including phenoxy) is 1. The zero-order valence-electron chi connectivity index (χ0n) is 15.8. The molecule has 3 amide bonds. The number of hydrazine groups is 1. The van der Waals surface area contributed by atoms with E-state index in [1.54, 1.807) is 6.07 Å². The molecular weight excluding hydrogens is 404 g/mol. The molecule has 0 bridgehead atoms. The molecule has 3 N–H and O–H groups in total. The predicted molar refractivity (Wildman–Crippen MR) is 112 cm³/mol. The lowest BCUT2D eigenvalue weighted by molar-refractivity contribution is 0.0904. The van der Waals surface area contributed by atoms with E-state index < -0.39 is 11.9 Å². The van der Waals surface area contributed by atoms with Crippen LogP contribution in [0.2, 0.25) is 0 Å². The monoisotopic (exact) mass is 422 g/mol. The van der Waals surface area contributed by atoms with E-state index in [1.807, 2.05) is 54.6 Å². The van der Waals surface area contributed by atoms with Crippen molar-refractivity contribution in [1.29, 1.82) is 0 Å². The number of rotatable bonds is 6. The van der Waals surface area contributed by atoms with Crippen LogP contribution in [-0.2, 0) is 13.2 Å². The van der Waals surface area contributed by atoms with Crippen molar-refractivity contribution in [3.63, 3.8) is 0 Å². The lowest BCUT2D eigenvalue weighted by atomic mass is 10.3. The number of aromatic nitrogens is 1. The first-order valence-electron chi connectivity index (χ1n) is 9.12. The summed E-state index contributed by atoms with van der Waals surface area (Å²) in [6, 6.07) is 19.6. The third kappa shape index (κ3) is 4.95. The number of urea groups is 1. The third-order valence-corrected chi connectivity index (χ3v) is 5.07. The van der Waals surface area contributed by atoms with Gasteiger partial charge in [-0.1, -0.05) is 30.3 Å². The minimum absolute atomic E-state index is 0.0631. The molecule has 0 saturated carbocycles. The number of fused-ring (bicyclic) bond motifs is 1. The maximum absolute atomic E-state index is 12.1. The van der Waals surface area contributed by atoms with E-state index in [-0.39, 0.29) is 18.9 Å². The van der Waals surface area contributed by atoms with Crippen LogP contribution in [0.4, 0.5) is 4.79 Å². The Hall–Kier alpha value is -3.85. The van der Waals surface area contributed by atoms with Gasteiger partial charge in [-0.3, -0.25) is 10.2 Å². The van der Waals surface area contributed by atoms with Crippen LogP contribution in [0, 0.1) is 0 Å². The number of nitrogens with zero attached hydrogens (tertiary/aromatic N) is 1. The molecule has 0 unspecified atom stereocenters. The van der Waals surface area contributed by atoms with Gasteiger partial charge >= 0.3 is 11.9 Å². The molecule has 0 radical (unpaired) electrons. The average Bonchev–Trinajstić information content (AvgIpc) is 3.42. The zero-order valence-corrected chi connectivity index (χ0v) is 16.6. The maximum atomic E-state index is 12.1. The fourth-order valence-corrected chi connectivity index (χ4v) is 3.53. The van der Waals surface area contributed by atoms with Gasteiger partial charge in [-0.2, -0.15) is 0 Å². The van der Waals surface area contributed by atoms with Gasteiger partial charge < -0.3 is 14.5 Å². The largest absolute Gasteiger partial charge is 0.486 e. The number of thiazole rings is 1. The van der Waals surface area contributed by atoms with E-state index in [0.717, 1.165) is 15.2 Å². The third-order valence-electron chi connectivity index (χ3n) is 4.04. The van der Waals surface area contributed by atoms with Crippen LogP contribution in [0.1, 0.15) is 21.3 Å². The molecule has 2 aromatic carbocycles. The van der Waals surface area contributed by atoms with Crippen molar-refractivity contribution in [2.45, 2.75) is 13.2 Å². The molecular formula is C21H18N4O4S. The number of hydrogen-bond acceptors (Lipinski definition) is 6. The molecule has 30 heavy (non-hydrogen) atoms. The van der Waals surface area contributed by atoms with Crippen molar-refractivity contribution in [3.8, 4) is 5.75 Å². The van der Waals surface area contributed by atoms with Crippen LogP contribution >= 0.6 is 11.3 Å². The molecule has 0 spiro atoms. The summed E-state index contributed by atoms with van der Waals surface area (Å²) in [5, 5.41) is 3.41. The van der Waals surface area contributed by atoms with E-state index in [0.29, 0.717) is 11.5 Å². The molecule has 8 nitrogen and oxygen atoms in total. The van der Waals surface area contributed by atoms with Crippen molar-refractivity contribution in [3.05, 3.63) is 83.3 Å². The summed E-state index contributed by atoms with van der Waals surface area (Å²) in [7, 11) is 0. The summed E-state index contributed by atoms with van der Waals surface area (Å²) < 4.78 is 12.1. The van der Waals surface area contributed by atoms with E-state index in [2.05, 4.69) is 21.2 Å². The highest BCUT2D eigenvalue weighted by Gasteiger charge is 2.13. The number of furan rings is 1. The molecule has 0 aliphatic rings. The Morgan fingerprint density at radius 2 is 1.77 bits per heavy atom. The van der Waals surface area contributed by atoms with Gasteiger partial charge in [0.1, 0.15) is 23.1 Å². The summed E-state index contributed by atoms with van der Waals surface area (Å²) in [6.07, 6.45) is 0. The summed E-state index contributed by atoms with van der Waals surface area (Å²) >= 11 is 1.50. The molecule has 0 saturated heterocycles. The Labute approximate surface area is 175 Å². The highest BCUT2D eigenvalue weighted by molar-refractivity contribution is 7.18. The van der Waals surface area contributed by atoms with Crippen LogP contribution in [0.15, 0.2) is 71.1 Å². The molecule has 152 valence electrons. The topological polar surface area (TPSA) is 105 Å². The Balaban J connectivity index is 1.22. The molecule has 0 fully saturated rings. The number of carbonyl (C=O) groups is 2. The van der Waals surface area contributed by atoms with Gasteiger partial charge in [0.15, 0.2) is 5.76 Å². The van der Waals surface area contributed by atoms with Crippen molar-refractivity contribution < 1.29 is 18.7 Å². The van der Waals surface area contributed by atoms with Gasteiger partial charge in [0.05, 0.1) is 16.8 Å². The van der Waals surface area contributed by atoms with Crippen LogP contribution in [0.3, 0.4) is 0 Å². The number of amides is 3. The summed E-state index contributed by atoms with van der Waals surface area (Å²) in [4.78, 5) is 28.5. The second kappa shape index (κ2) is 9.10. The van der Waals surface area contributed by atoms with E-state index in [9.17, 15) is 9.59 Å². The number of hydrogen-bond donors (Lipinski definition) is 3. The lowest BCUT2D eigenvalue weighted by Crippen LogP contribution is -2.46. The van der Waals surface area contributed by atoms with Gasteiger partial charge in [0, 0.05) is 0 Å². The average molecular weight is 422 g/mol. The molecule has 4 aromatic rings. The van der Waals surface area contributed by atoms with E-state index in [4.69, 9.17) is 9.15 Å².